The van der Waals surface area contributed by atoms with Gasteiger partial charge in [0, 0.05) is 24.4 Å². The Kier molecular flexibility index (Phi) is 4.69. The first-order valence-corrected chi connectivity index (χ1v) is 11.2. The lowest BCUT2D eigenvalue weighted by Crippen LogP contribution is -2.63. The third-order valence-electron chi connectivity index (χ3n) is 7.90. The fraction of sp³-hybridized carbons (Fsp3) is 0.667. The molecule has 2 saturated carbocycles. The van der Waals surface area contributed by atoms with Crippen LogP contribution in [0.3, 0.4) is 0 Å². The second kappa shape index (κ2) is 7.12. The van der Waals surface area contributed by atoms with Gasteiger partial charge < -0.3 is 9.47 Å². The van der Waals surface area contributed by atoms with Crippen molar-refractivity contribution < 1.29 is 19.1 Å². The Morgan fingerprint density at radius 1 is 1.31 bits per heavy atom. The largest absolute Gasteiger partial charge is 0.497 e. The second-order valence-electron chi connectivity index (χ2n) is 9.43. The molecule has 5 heteroatoms. The highest BCUT2D eigenvalue weighted by Gasteiger charge is 2.59. The number of ketones is 1. The molecule has 3 fully saturated rings. The van der Waals surface area contributed by atoms with Gasteiger partial charge in [-0.1, -0.05) is 6.07 Å². The SMILES string of the molecule is CCOC(=O)C1C[C@H]2[C@H]3Cc4ccc(OC)cc4[C@@]2(CCN3CC2CC2)CC1=O. The van der Waals surface area contributed by atoms with Gasteiger partial charge >= 0.3 is 5.97 Å². The summed E-state index contributed by atoms with van der Waals surface area (Å²) >= 11 is 0. The molecule has 1 saturated heterocycles. The topological polar surface area (TPSA) is 55.8 Å². The highest BCUT2D eigenvalue weighted by atomic mass is 16.5. The van der Waals surface area contributed by atoms with E-state index in [9.17, 15) is 9.59 Å². The number of benzene rings is 1. The number of carbonyl (C=O) groups excluding carboxylic acids is 2. The van der Waals surface area contributed by atoms with E-state index in [0.717, 1.165) is 31.1 Å². The van der Waals surface area contributed by atoms with Crippen LogP contribution >= 0.6 is 0 Å². The van der Waals surface area contributed by atoms with Gasteiger partial charge in [-0.2, -0.15) is 0 Å². The van der Waals surface area contributed by atoms with E-state index >= 15 is 0 Å². The normalized spacial score (nSPS) is 33.6. The van der Waals surface area contributed by atoms with Crippen LogP contribution in [0.15, 0.2) is 18.2 Å². The molecular formula is C24H31NO4. The number of methoxy groups -OCH3 is 1. The zero-order valence-corrected chi connectivity index (χ0v) is 17.5. The average Bonchev–Trinajstić information content (AvgIpc) is 3.53. The number of nitrogens with zero attached hydrogens (tertiary/aromatic N) is 1. The van der Waals surface area contributed by atoms with Crippen molar-refractivity contribution in [1.29, 1.82) is 0 Å². The maximum Gasteiger partial charge on any atom is 0.316 e. The fourth-order valence-corrected chi connectivity index (χ4v) is 6.32. The number of fused-ring (bicyclic) bond motifs is 1. The van der Waals surface area contributed by atoms with E-state index in [2.05, 4.69) is 17.0 Å². The maximum atomic E-state index is 13.1. The summed E-state index contributed by atoms with van der Waals surface area (Å²) in [6.45, 7) is 4.35. The number of piperidine rings is 1. The number of esters is 1. The highest BCUT2D eigenvalue weighted by Crippen LogP contribution is 2.57. The summed E-state index contributed by atoms with van der Waals surface area (Å²) < 4.78 is 10.8. The first-order chi connectivity index (χ1) is 14.1. The molecule has 0 aromatic heterocycles. The summed E-state index contributed by atoms with van der Waals surface area (Å²) in [4.78, 5) is 28.4. The summed E-state index contributed by atoms with van der Waals surface area (Å²) in [5.74, 6) is 1.16. The molecule has 0 radical (unpaired) electrons. The smallest absolute Gasteiger partial charge is 0.316 e. The molecule has 1 heterocycles. The van der Waals surface area contributed by atoms with Crippen LogP contribution in [-0.4, -0.2) is 49.5 Å². The molecule has 5 nitrogen and oxygen atoms in total. The van der Waals surface area contributed by atoms with Crippen molar-refractivity contribution in [1.82, 2.24) is 4.90 Å². The third-order valence-corrected chi connectivity index (χ3v) is 7.90. The molecule has 1 aliphatic heterocycles. The van der Waals surface area contributed by atoms with Gasteiger partial charge in [0.05, 0.1) is 13.7 Å². The van der Waals surface area contributed by atoms with Crippen LogP contribution in [0.2, 0.25) is 0 Å². The summed E-state index contributed by atoms with van der Waals surface area (Å²) in [5, 5.41) is 0. The van der Waals surface area contributed by atoms with E-state index in [-0.39, 0.29) is 17.2 Å². The number of hydrogen-bond acceptors (Lipinski definition) is 5. The van der Waals surface area contributed by atoms with Crippen LogP contribution in [-0.2, 0) is 26.2 Å². The molecule has 0 spiro atoms. The van der Waals surface area contributed by atoms with E-state index in [1.165, 1.54) is 30.5 Å². The second-order valence-corrected chi connectivity index (χ2v) is 9.43. The lowest BCUT2D eigenvalue weighted by Gasteiger charge is -2.59. The number of likely N-dealkylation sites (tertiary alicyclic amines) is 1. The van der Waals surface area contributed by atoms with Crippen LogP contribution in [0.25, 0.3) is 0 Å². The van der Waals surface area contributed by atoms with Crippen LogP contribution in [0.1, 0.15) is 50.2 Å². The van der Waals surface area contributed by atoms with Gasteiger partial charge in [0.2, 0.25) is 0 Å². The molecule has 3 aliphatic carbocycles. The Labute approximate surface area is 172 Å². The van der Waals surface area contributed by atoms with Gasteiger partial charge in [0.25, 0.3) is 0 Å². The Balaban J connectivity index is 1.55. The average molecular weight is 398 g/mol. The molecule has 5 rings (SSSR count). The Morgan fingerprint density at radius 2 is 2.14 bits per heavy atom. The highest BCUT2D eigenvalue weighted by molar-refractivity contribution is 6.00. The van der Waals surface area contributed by atoms with Crippen LogP contribution in [0.5, 0.6) is 5.75 Å². The summed E-state index contributed by atoms with van der Waals surface area (Å²) in [7, 11) is 1.70. The van der Waals surface area contributed by atoms with Gasteiger partial charge in [-0.25, -0.2) is 0 Å². The predicted molar refractivity (Wildman–Crippen MR) is 109 cm³/mol. The van der Waals surface area contributed by atoms with Crippen molar-refractivity contribution in [2.75, 3.05) is 26.8 Å². The standard InChI is InChI=1S/C24H31NO4/c1-3-29-23(27)18-12-20-21-10-16-6-7-17(28-2)11-19(16)24(20,13-22(18)26)8-9-25(21)14-15-4-5-15/h6-7,11,15,18,20-21H,3-5,8-10,12-14H2,1-2H3/t18?,20-,21+,24+/m0/s1. The van der Waals surface area contributed by atoms with E-state index in [1.54, 1.807) is 7.11 Å². The molecule has 0 amide bonds. The van der Waals surface area contributed by atoms with Crippen molar-refractivity contribution in [3.05, 3.63) is 29.3 Å². The fourth-order valence-electron chi connectivity index (χ4n) is 6.32. The Hall–Kier alpha value is -1.88. The number of hydrogen-bond donors (Lipinski definition) is 0. The molecule has 2 bridgehead atoms. The quantitative estimate of drug-likeness (QED) is 0.564. The van der Waals surface area contributed by atoms with E-state index in [1.807, 2.05) is 13.0 Å². The Bertz CT molecular complexity index is 832. The molecule has 29 heavy (non-hydrogen) atoms. The van der Waals surface area contributed by atoms with Gasteiger partial charge in [0.1, 0.15) is 17.5 Å². The third kappa shape index (κ3) is 3.09. The molecule has 156 valence electrons. The summed E-state index contributed by atoms with van der Waals surface area (Å²) in [5.41, 5.74) is 2.49. The predicted octanol–water partition coefficient (Wildman–Crippen LogP) is 3.13. The lowest BCUT2D eigenvalue weighted by molar-refractivity contribution is -0.157. The Morgan fingerprint density at radius 3 is 2.86 bits per heavy atom. The number of ether oxygens (including phenoxy) is 2. The van der Waals surface area contributed by atoms with Crippen molar-refractivity contribution >= 4 is 11.8 Å². The van der Waals surface area contributed by atoms with Crippen LogP contribution < -0.4 is 4.74 Å². The first-order valence-electron chi connectivity index (χ1n) is 11.2. The summed E-state index contributed by atoms with van der Waals surface area (Å²) in [6.07, 6.45) is 5.76. The number of Topliss-reactive ketones (excluding diaryl/α,β-unsaturated/α-hetero) is 1. The first kappa shape index (κ1) is 19.1. The molecule has 4 atom stereocenters. The van der Waals surface area contributed by atoms with Crippen molar-refractivity contribution in [2.24, 2.45) is 17.8 Å². The summed E-state index contributed by atoms with van der Waals surface area (Å²) in [6, 6.07) is 6.81. The van der Waals surface area contributed by atoms with Gasteiger partial charge in [-0.3, -0.25) is 14.5 Å². The number of rotatable bonds is 5. The minimum Gasteiger partial charge on any atom is -0.497 e. The van der Waals surface area contributed by atoms with E-state index < -0.39 is 5.92 Å². The minimum absolute atomic E-state index is 0.0600. The van der Waals surface area contributed by atoms with Crippen molar-refractivity contribution in [2.45, 2.75) is 56.9 Å². The van der Waals surface area contributed by atoms with Gasteiger partial charge in [-0.05, 0) is 80.7 Å². The minimum atomic E-state index is -0.594. The zero-order chi connectivity index (χ0) is 20.2. The van der Waals surface area contributed by atoms with Crippen LogP contribution in [0, 0.1) is 17.8 Å². The van der Waals surface area contributed by atoms with Crippen molar-refractivity contribution in [3.8, 4) is 5.75 Å². The zero-order valence-electron chi connectivity index (χ0n) is 17.5. The molecular weight excluding hydrogens is 366 g/mol. The number of carbonyl (C=O) groups is 2. The lowest BCUT2D eigenvalue weighted by atomic mass is 9.50. The van der Waals surface area contributed by atoms with E-state index in [0.29, 0.717) is 31.4 Å². The van der Waals surface area contributed by atoms with Crippen LogP contribution in [0.4, 0.5) is 0 Å². The molecule has 0 N–H and O–H groups in total. The molecule has 4 aliphatic rings. The molecule has 1 aromatic carbocycles. The van der Waals surface area contributed by atoms with E-state index in [4.69, 9.17) is 9.47 Å². The monoisotopic (exact) mass is 397 g/mol. The van der Waals surface area contributed by atoms with Crippen molar-refractivity contribution in [3.63, 3.8) is 0 Å². The van der Waals surface area contributed by atoms with Gasteiger partial charge in [0.15, 0.2) is 0 Å². The maximum absolute atomic E-state index is 13.1. The van der Waals surface area contributed by atoms with Gasteiger partial charge in [-0.15, -0.1) is 0 Å². The molecule has 1 unspecified atom stereocenters. The molecule has 1 aromatic rings.